The monoisotopic (exact) mass is 618 g/mol. The first-order chi connectivity index (χ1) is 21.9. The van der Waals surface area contributed by atoms with E-state index in [1.807, 2.05) is 7.05 Å². The molecule has 0 fully saturated rings. The third-order valence-electron chi connectivity index (χ3n) is 6.17. The molecule has 4 aromatic rings. The normalized spacial score (nSPS) is 10.7. The smallest absolute Gasteiger partial charge is 0.335 e. The van der Waals surface area contributed by atoms with Gasteiger partial charge in [0.05, 0.1) is 32.0 Å². The molecule has 13 nitrogen and oxygen atoms in total. The van der Waals surface area contributed by atoms with E-state index in [-0.39, 0.29) is 41.7 Å². The Morgan fingerprint density at radius 3 is 2.07 bits per heavy atom. The van der Waals surface area contributed by atoms with Crippen molar-refractivity contribution in [2.75, 3.05) is 62.5 Å². The van der Waals surface area contributed by atoms with Crippen molar-refractivity contribution in [1.29, 1.82) is 0 Å². The molecule has 1 amide bonds. The summed E-state index contributed by atoms with van der Waals surface area (Å²) >= 11 is 0. The number of halogens is 1. The van der Waals surface area contributed by atoms with E-state index in [2.05, 4.69) is 41.5 Å². The number of nitrogens with one attached hydrogen (secondary N) is 5. The number of likely N-dealkylation sites (N-methyl/N-ethyl adjacent to an activating group) is 1. The van der Waals surface area contributed by atoms with E-state index in [4.69, 9.17) is 9.47 Å². The quantitative estimate of drug-likeness (QED) is 0.0893. The second kappa shape index (κ2) is 17.2. The molecular weight excluding hydrogens is 583 g/mol. The first-order valence-corrected chi connectivity index (χ1v) is 14.2. The standard InChI is InChI=1S/C31H35FN8O5/c1-33-13-15-44-17-18-45-16-14-34-29-38-30(40-31(39-29)37-26-4-2-3-23(19-26)28(42)43)36-25-11-7-22(8-12-25)27(41)35-20-21-5-9-24(32)10-6-21/h2-12,19,33H,13-18,20H2,1H3,(H,35,41)(H,42,43)(H3,34,36,37,38,39,40). The van der Waals surface area contributed by atoms with Crippen molar-refractivity contribution in [3.63, 3.8) is 0 Å². The molecule has 4 rings (SSSR count). The number of carbonyl (C=O) groups excluding carboxylic acids is 1. The molecule has 0 bridgehead atoms. The first kappa shape index (κ1) is 32.7. The van der Waals surface area contributed by atoms with Crippen LogP contribution in [0.5, 0.6) is 0 Å². The zero-order valence-electron chi connectivity index (χ0n) is 24.7. The second-order valence-corrected chi connectivity index (χ2v) is 9.58. The molecule has 0 saturated heterocycles. The van der Waals surface area contributed by atoms with Crippen molar-refractivity contribution in [2.45, 2.75) is 6.54 Å². The lowest BCUT2D eigenvalue weighted by molar-refractivity contribution is 0.0531. The third-order valence-corrected chi connectivity index (χ3v) is 6.17. The summed E-state index contributed by atoms with van der Waals surface area (Å²) in [5.41, 5.74) is 2.42. The van der Waals surface area contributed by atoms with Gasteiger partial charge in [-0.25, -0.2) is 9.18 Å². The summed E-state index contributed by atoms with van der Waals surface area (Å²) in [6, 6.07) is 18.9. The Hall–Kier alpha value is -5.18. The van der Waals surface area contributed by atoms with Crippen molar-refractivity contribution in [1.82, 2.24) is 25.6 Å². The zero-order valence-corrected chi connectivity index (χ0v) is 24.7. The number of nitrogens with zero attached hydrogens (tertiary/aromatic N) is 3. The number of benzene rings is 3. The lowest BCUT2D eigenvalue weighted by atomic mass is 10.1. The van der Waals surface area contributed by atoms with Gasteiger partial charge in [-0.3, -0.25) is 4.79 Å². The van der Waals surface area contributed by atoms with Crippen molar-refractivity contribution in [2.24, 2.45) is 0 Å². The summed E-state index contributed by atoms with van der Waals surface area (Å²) < 4.78 is 24.1. The van der Waals surface area contributed by atoms with Gasteiger partial charge in [-0.15, -0.1) is 0 Å². The summed E-state index contributed by atoms with van der Waals surface area (Å²) in [5.74, 6) is -1.03. The molecule has 3 aromatic carbocycles. The van der Waals surface area contributed by atoms with Crippen LogP contribution in [0.25, 0.3) is 0 Å². The molecule has 0 saturated carbocycles. The van der Waals surface area contributed by atoms with E-state index in [1.165, 1.54) is 24.3 Å². The Kier molecular flexibility index (Phi) is 12.5. The van der Waals surface area contributed by atoms with Crippen LogP contribution in [0, 0.1) is 5.82 Å². The van der Waals surface area contributed by atoms with E-state index in [1.54, 1.807) is 48.5 Å². The highest BCUT2D eigenvalue weighted by atomic mass is 19.1. The molecule has 0 aliphatic heterocycles. The van der Waals surface area contributed by atoms with E-state index >= 15 is 0 Å². The van der Waals surface area contributed by atoms with Gasteiger partial charge in [0, 0.05) is 36.6 Å². The fraction of sp³-hybridized carbons (Fsp3) is 0.258. The highest BCUT2D eigenvalue weighted by Gasteiger charge is 2.11. The van der Waals surface area contributed by atoms with Crippen molar-refractivity contribution < 1.29 is 28.6 Å². The van der Waals surface area contributed by atoms with E-state index in [0.29, 0.717) is 49.9 Å². The van der Waals surface area contributed by atoms with Crippen LogP contribution in [0.4, 0.5) is 33.6 Å². The number of ether oxygens (including phenoxy) is 2. The summed E-state index contributed by atoms with van der Waals surface area (Å²) in [4.78, 5) is 37.3. The number of aromatic nitrogens is 3. The van der Waals surface area contributed by atoms with Gasteiger partial charge in [0.15, 0.2) is 0 Å². The molecule has 1 heterocycles. The predicted molar refractivity (Wildman–Crippen MR) is 168 cm³/mol. The number of aromatic carboxylic acids is 1. The van der Waals surface area contributed by atoms with Crippen LogP contribution in [-0.4, -0.2) is 78.5 Å². The van der Waals surface area contributed by atoms with Gasteiger partial charge in [-0.1, -0.05) is 18.2 Å². The number of anilines is 5. The Labute approximate surface area is 259 Å². The molecule has 14 heteroatoms. The zero-order chi connectivity index (χ0) is 31.9. The Morgan fingerprint density at radius 1 is 0.756 bits per heavy atom. The number of hydrogen-bond acceptors (Lipinski definition) is 11. The molecule has 0 atom stereocenters. The molecule has 0 radical (unpaired) electrons. The molecule has 6 N–H and O–H groups in total. The van der Waals surface area contributed by atoms with Crippen LogP contribution in [0.2, 0.25) is 0 Å². The number of carboxylic acid groups (broad SMARTS) is 1. The van der Waals surface area contributed by atoms with E-state index < -0.39 is 5.97 Å². The van der Waals surface area contributed by atoms with Crippen molar-refractivity contribution >= 4 is 41.1 Å². The van der Waals surface area contributed by atoms with Crippen molar-refractivity contribution in [3.05, 3.63) is 95.3 Å². The molecule has 236 valence electrons. The molecular formula is C31H35FN8O5. The van der Waals surface area contributed by atoms with E-state index in [9.17, 15) is 19.1 Å². The minimum absolute atomic E-state index is 0.111. The lowest BCUT2D eigenvalue weighted by Crippen LogP contribution is -2.22. The maximum absolute atomic E-state index is 13.1. The average Bonchev–Trinajstić information content (AvgIpc) is 3.04. The van der Waals surface area contributed by atoms with E-state index in [0.717, 1.165) is 12.1 Å². The maximum atomic E-state index is 13.1. The molecule has 0 aliphatic rings. The highest BCUT2D eigenvalue weighted by Crippen LogP contribution is 2.20. The van der Waals surface area contributed by atoms with Gasteiger partial charge in [-0.2, -0.15) is 15.0 Å². The van der Waals surface area contributed by atoms with Crippen LogP contribution in [-0.2, 0) is 16.0 Å². The summed E-state index contributed by atoms with van der Waals surface area (Å²) in [7, 11) is 1.86. The van der Waals surface area contributed by atoms with Crippen LogP contribution < -0.4 is 26.6 Å². The number of carbonyl (C=O) groups is 2. The Morgan fingerprint density at radius 2 is 1.40 bits per heavy atom. The predicted octanol–water partition coefficient (Wildman–Crippen LogP) is 3.79. The summed E-state index contributed by atoms with van der Waals surface area (Å²) in [5, 5.41) is 24.4. The van der Waals surface area contributed by atoms with Gasteiger partial charge < -0.3 is 41.2 Å². The molecule has 0 unspecified atom stereocenters. The molecule has 0 spiro atoms. The maximum Gasteiger partial charge on any atom is 0.335 e. The van der Waals surface area contributed by atoms with Crippen molar-refractivity contribution in [3.8, 4) is 0 Å². The number of amides is 1. The van der Waals surface area contributed by atoms with Gasteiger partial charge in [-0.05, 0) is 67.2 Å². The SMILES string of the molecule is CNCCOCCOCCNc1nc(Nc2ccc(C(=O)NCc3ccc(F)cc3)cc2)nc(Nc2cccc(C(=O)O)c2)n1. The highest BCUT2D eigenvalue weighted by molar-refractivity contribution is 5.94. The Bertz CT molecular complexity index is 1540. The van der Waals surface area contributed by atoms with Gasteiger partial charge in [0.2, 0.25) is 17.8 Å². The van der Waals surface area contributed by atoms with Gasteiger partial charge in [0.1, 0.15) is 5.82 Å². The largest absolute Gasteiger partial charge is 0.478 e. The van der Waals surface area contributed by atoms with Gasteiger partial charge >= 0.3 is 5.97 Å². The summed E-state index contributed by atoms with van der Waals surface area (Å²) in [6.45, 7) is 3.37. The van der Waals surface area contributed by atoms with Crippen LogP contribution in [0.1, 0.15) is 26.3 Å². The lowest BCUT2D eigenvalue weighted by Gasteiger charge is -2.12. The van der Waals surface area contributed by atoms with Crippen LogP contribution in [0.3, 0.4) is 0 Å². The van der Waals surface area contributed by atoms with Crippen LogP contribution in [0.15, 0.2) is 72.8 Å². The minimum Gasteiger partial charge on any atom is -0.478 e. The third kappa shape index (κ3) is 11.1. The fourth-order valence-electron chi connectivity index (χ4n) is 3.88. The molecule has 45 heavy (non-hydrogen) atoms. The fourth-order valence-corrected chi connectivity index (χ4v) is 3.88. The number of hydrogen-bond donors (Lipinski definition) is 6. The second-order valence-electron chi connectivity index (χ2n) is 9.58. The van der Waals surface area contributed by atoms with Gasteiger partial charge in [0.25, 0.3) is 5.91 Å². The first-order valence-electron chi connectivity index (χ1n) is 14.2. The summed E-state index contributed by atoms with van der Waals surface area (Å²) in [6.07, 6.45) is 0. The Balaban J connectivity index is 1.39. The number of rotatable bonds is 18. The minimum atomic E-state index is -1.06. The topological polar surface area (TPSA) is 172 Å². The molecule has 0 aliphatic carbocycles. The van der Waals surface area contributed by atoms with Crippen LogP contribution >= 0.6 is 0 Å². The average molecular weight is 619 g/mol. The number of carboxylic acids is 1. The molecule has 1 aromatic heterocycles.